The van der Waals surface area contributed by atoms with Crippen molar-refractivity contribution in [1.82, 2.24) is 0 Å². The smallest absolute Gasteiger partial charge is 0.0777 e. The number of hydrogen-bond acceptors (Lipinski definition) is 1. The first-order valence-corrected chi connectivity index (χ1v) is 19.1. The van der Waals surface area contributed by atoms with Gasteiger partial charge in [-0.2, -0.15) is 0 Å². The van der Waals surface area contributed by atoms with E-state index in [2.05, 4.69) is 135 Å². The minimum atomic E-state index is -1.59. The van der Waals surface area contributed by atoms with Crippen molar-refractivity contribution in [3.63, 3.8) is 0 Å². The second-order valence-corrected chi connectivity index (χ2v) is 21.8. The summed E-state index contributed by atoms with van der Waals surface area (Å²) in [6.07, 6.45) is 4.85. The summed E-state index contributed by atoms with van der Waals surface area (Å²) in [6, 6.07) is 21.3. The summed E-state index contributed by atoms with van der Waals surface area (Å²) in [5, 5.41) is 2.21. The van der Waals surface area contributed by atoms with Crippen molar-refractivity contribution >= 4 is 41.9 Å². The normalized spacial score (nSPS) is 20.4. The van der Waals surface area contributed by atoms with Gasteiger partial charge in [0.1, 0.15) is 0 Å². The van der Waals surface area contributed by atoms with Gasteiger partial charge in [0.05, 0.1) is 8.07 Å². The van der Waals surface area contributed by atoms with E-state index in [9.17, 15) is 0 Å². The molecule has 3 aromatic rings. The molecule has 0 spiro atoms. The highest BCUT2D eigenvalue weighted by Crippen LogP contribution is 2.50. The van der Waals surface area contributed by atoms with E-state index in [1.165, 1.54) is 64.5 Å². The molecule has 0 fully saturated rings. The Morgan fingerprint density at radius 2 is 0.925 bits per heavy atom. The van der Waals surface area contributed by atoms with Crippen molar-refractivity contribution in [1.29, 1.82) is 0 Å². The van der Waals surface area contributed by atoms with Crippen molar-refractivity contribution in [2.45, 2.75) is 122 Å². The van der Waals surface area contributed by atoms with Crippen LogP contribution in [0.4, 0.5) is 17.1 Å². The topological polar surface area (TPSA) is 3.24 Å². The Morgan fingerprint density at radius 1 is 0.525 bits per heavy atom. The SMILES string of the molecule is CC1(C)CCC(C)(C)c2cc(N(c3cc(Cl)cc([Si](C)(C)C)c3)c3ccc4c(c3)C(C)(C)CCC4(C)C)ccc21. The van der Waals surface area contributed by atoms with Gasteiger partial charge in [-0.05, 0) is 112 Å². The van der Waals surface area contributed by atoms with Crippen molar-refractivity contribution in [3.8, 4) is 0 Å². The number of fused-ring (bicyclic) bond motifs is 2. The molecule has 40 heavy (non-hydrogen) atoms. The van der Waals surface area contributed by atoms with Gasteiger partial charge in [0.25, 0.3) is 0 Å². The summed E-state index contributed by atoms with van der Waals surface area (Å²) in [4.78, 5) is 2.48. The summed E-state index contributed by atoms with van der Waals surface area (Å²) in [5.41, 5.74) is 10.2. The molecule has 5 rings (SSSR count). The molecule has 0 atom stereocenters. The van der Waals surface area contributed by atoms with Crippen LogP contribution in [0.2, 0.25) is 24.7 Å². The van der Waals surface area contributed by atoms with Crippen LogP contribution < -0.4 is 10.1 Å². The van der Waals surface area contributed by atoms with Gasteiger partial charge < -0.3 is 4.90 Å². The molecule has 3 heteroatoms. The second-order valence-electron chi connectivity index (χ2n) is 16.3. The lowest BCUT2D eigenvalue weighted by Crippen LogP contribution is -2.38. The lowest BCUT2D eigenvalue weighted by Gasteiger charge is -2.43. The Kier molecular flexibility index (Phi) is 6.99. The average Bonchev–Trinajstić information content (AvgIpc) is 2.84. The van der Waals surface area contributed by atoms with Crippen LogP contribution in [0.5, 0.6) is 0 Å². The Bertz CT molecular complexity index is 1370. The molecule has 0 heterocycles. The quantitative estimate of drug-likeness (QED) is 0.281. The molecule has 3 aromatic carbocycles. The first-order chi connectivity index (χ1) is 18.3. The molecule has 0 radical (unpaired) electrons. The molecule has 0 saturated carbocycles. The molecule has 0 saturated heterocycles. The van der Waals surface area contributed by atoms with E-state index in [1.807, 2.05) is 0 Å². The van der Waals surface area contributed by atoms with E-state index in [0.29, 0.717) is 0 Å². The number of halogens is 1. The molecular formula is C37H50ClNSi. The molecule has 1 nitrogen and oxygen atoms in total. The monoisotopic (exact) mass is 571 g/mol. The first kappa shape index (κ1) is 29.5. The van der Waals surface area contributed by atoms with Gasteiger partial charge >= 0.3 is 0 Å². The zero-order chi connectivity index (χ0) is 29.5. The zero-order valence-corrected chi connectivity index (χ0v) is 28.6. The van der Waals surface area contributed by atoms with Crippen LogP contribution in [0.25, 0.3) is 0 Å². The van der Waals surface area contributed by atoms with Crippen LogP contribution in [0.3, 0.4) is 0 Å². The molecular weight excluding hydrogens is 522 g/mol. The minimum absolute atomic E-state index is 0.145. The van der Waals surface area contributed by atoms with Gasteiger partial charge in [-0.25, -0.2) is 0 Å². The fraction of sp³-hybridized carbons (Fsp3) is 0.514. The third kappa shape index (κ3) is 5.20. The molecule has 0 aromatic heterocycles. The highest BCUT2D eigenvalue weighted by Gasteiger charge is 2.39. The molecule has 0 bridgehead atoms. The lowest BCUT2D eigenvalue weighted by atomic mass is 9.63. The van der Waals surface area contributed by atoms with E-state index in [-0.39, 0.29) is 21.7 Å². The number of benzene rings is 3. The van der Waals surface area contributed by atoms with Gasteiger partial charge in [0.15, 0.2) is 0 Å². The Labute approximate surface area is 250 Å². The van der Waals surface area contributed by atoms with Crippen molar-refractivity contribution in [3.05, 3.63) is 81.9 Å². The fourth-order valence-corrected chi connectivity index (χ4v) is 8.51. The third-order valence-corrected chi connectivity index (χ3v) is 12.4. The van der Waals surface area contributed by atoms with Gasteiger partial charge in [-0.1, -0.05) is 104 Å². The van der Waals surface area contributed by atoms with Crippen molar-refractivity contribution < 1.29 is 0 Å². The van der Waals surface area contributed by atoms with Crippen molar-refractivity contribution in [2.24, 2.45) is 0 Å². The van der Waals surface area contributed by atoms with E-state index in [1.54, 1.807) is 0 Å². The number of hydrogen-bond donors (Lipinski definition) is 0. The van der Waals surface area contributed by atoms with Gasteiger partial charge in [-0.15, -0.1) is 0 Å². The van der Waals surface area contributed by atoms with E-state index >= 15 is 0 Å². The van der Waals surface area contributed by atoms with Gasteiger partial charge in [0.2, 0.25) is 0 Å². The Hall–Kier alpha value is -2.03. The molecule has 0 N–H and O–H groups in total. The van der Waals surface area contributed by atoms with Crippen LogP contribution in [-0.4, -0.2) is 8.07 Å². The van der Waals surface area contributed by atoms with Crippen LogP contribution in [0.1, 0.15) is 103 Å². The minimum Gasteiger partial charge on any atom is -0.310 e. The Balaban J connectivity index is 1.78. The van der Waals surface area contributed by atoms with Crippen molar-refractivity contribution in [2.75, 3.05) is 4.90 Å². The van der Waals surface area contributed by atoms with E-state index < -0.39 is 8.07 Å². The largest absolute Gasteiger partial charge is 0.310 e. The van der Waals surface area contributed by atoms with Gasteiger partial charge in [0, 0.05) is 22.1 Å². The van der Waals surface area contributed by atoms with E-state index in [0.717, 1.165) is 10.7 Å². The summed E-state index contributed by atoms with van der Waals surface area (Å²) in [6.45, 7) is 26.5. The van der Waals surface area contributed by atoms with Crippen LogP contribution in [0, 0.1) is 0 Å². The highest BCUT2D eigenvalue weighted by molar-refractivity contribution is 6.88. The highest BCUT2D eigenvalue weighted by atomic mass is 35.5. The molecule has 0 unspecified atom stereocenters. The predicted octanol–water partition coefficient (Wildman–Crippen LogP) is 11.1. The van der Waals surface area contributed by atoms with Gasteiger partial charge in [-0.3, -0.25) is 0 Å². The summed E-state index contributed by atoms with van der Waals surface area (Å²) in [5.74, 6) is 0. The maximum Gasteiger partial charge on any atom is 0.0777 e. The molecule has 214 valence electrons. The molecule has 2 aliphatic carbocycles. The number of nitrogens with zero attached hydrogens (tertiary/aromatic N) is 1. The standard InChI is InChI=1S/C37H50ClNSi/c1-34(2)16-18-36(5,6)32-23-26(12-14-30(32)34)39(28-20-25(38)21-29(22-28)40(9,10)11)27-13-15-31-33(24-27)37(7,8)19-17-35(31,3)4/h12-15,20-24H,16-19H2,1-11H3. The summed E-state index contributed by atoms with van der Waals surface area (Å²) in [7, 11) is -1.59. The lowest BCUT2D eigenvalue weighted by molar-refractivity contribution is 0.332. The molecule has 0 aliphatic heterocycles. The third-order valence-electron chi connectivity index (χ3n) is 10.2. The van der Waals surface area contributed by atoms with Crippen LogP contribution in [0.15, 0.2) is 54.6 Å². The second kappa shape index (κ2) is 9.50. The summed E-state index contributed by atoms with van der Waals surface area (Å²) >= 11 is 6.87. The number of rotatable bonds is 4. The predicted molar refractivity (Wildman–Crippen MR) is 180 cm³/mol. The summed E-state index contributed by atoms with van der Waals surface area (Å²) < 4.78 is 0. The maximum absolute atomic E-state index is 6.87. The molecule has 0 amide bonds. The maximum atomic E-state index is 6.87. The first-order valence-electron chi connectivity index (χ1n) is 15.2. The zero-order valence-electron chi connectivity index (χ0n) is 26.8. The van der Waals surface area contributed by atoms with Crippen LogP contribution in [-0.2, 0) is 21.7 Å². The van der Waals surface area contributed by atoms with Crippen LogP contribution >= 0.6 is 11.6 Å². The average molecular weight is 572 g/mol. The Morgan fingerprint density at radius 3 is 1.32 bits per heavy atom. The fourth-order valence-electron chi connectivity index (χ4n) is 7.01. The number of anilines is 3. The van der Waals surface area contributed by atoms with E-state index in [4.69, 9.17) is 11.6 Å². The molecule has 2 aliphatic rings.